The van der Waals surface area contributed by atoms with Gasteiger partial charge in [0.1, 0.15) is 0 Å². The Morgan fingerprint density at radius 1 is 1.20 bits per heavy atom. The molecule has 0 heterocycles. The molecule has 0 saturated carbocycles. The largest absolute Gasteiger partial charge is 2.00 e. The second-order valence-corrected chi connectivity index (χ2v) is 0. The second kappa shape index (κ2) is 24.3. The number of hydrogen-bond donors (Lipinski definition) is 0. The third-order valence-corrected chi connectivity index (χ3v) is 0. The van der Waals surface area contributed by atoms with Crippen LogP contribution in [0.3, 0.4) is 0 Å². The predicted molar refractivity (Wildman–Crippen MR) is 35.8 cm³/mol. The van der Waals surface area contributed by atoms with Crippen molar-refractivity contribution >= 4 is 115 Å². The van der Waals surface area contributed by atoms with Gasteiger partial charge in [-0.15, -0.1) is 0 Å². The van der Waals surface area contributed by atoms with Crippen molar-refractivity contribution < 1.29 is 22.8 Å². The summed E-state index contributed by atoms with van der Waals surface area (Å²) in [6.07, 6.45) is 0. The van der Waals surface area contributed by atoms with Crippen LogP contribution in [0.15, 0.2) is 0 Å². The molecule has 5 heavy (non-hydrogen) atoms. The molecule has 0 aromatic rings. The van der Waals surface area contributed by atoms with Crippen LogP contribution in [0.1, 0.15) is 5.71 Å². The smallest absolute Gasteiger partial charge is 1.00 e. The van der Waals surface area contributed by atoms with E-state index in [9.17, 15) is 0 Å². The van der Waals surface area contributed by atoms with Gasteiger partial charge in [0.2, 0.25) is 0 Å². The minimum Gasteiger partial charge on any atom is -1.00 e. The fourth-order valence-electron chi connectivity index (χ4n) is 0. The average molecular weight is 297 g/mol. The fraction of sp³-hybridized carbons (Fsp3) is 0. The maximum Gasteiger partial charge on any atom is 2.00 e. The van der Waals surface area contributed by atoms with E-state index in [1.165, 1.54) is 0 Å². The Kier molecular flexibility index (Phi) is 173. The van der Waals surface area contributed by atoms with Gasteiger partial charge in [0.05, 0.1) is 0 Å². The Morgan fingerprint density at radius 3 is 1.20 bits per heavy atom. The van der Waals surface area contributed by atoms with Crippen LogP contribution < -0.4 is 0 Å². The second-order valence-electron chi connectivity index (χ2n) is 0. The van der Waals surface area contributed by atoms with Crippen molar-refractivity contribution in [1.29, 1.82) is 0 Å². The van der Waals surface area contributed by atoms with Crippen molar-refractivity contribution in [3.05, 3.63) is 0 Å². The summed E-state index contributed by atoms with van der Waals surface area (Å²) in [5.41, 5.74) is 0. The van der Waals surface area contributed by atoms with E-state index in [0.717, 1.165) is 0 Å². The molecule has 0 amide bonds. The van der Waals surface area contributed by atoms with E-state index < -0.39 is 0 Å². The van der Waals surface area contributed by atoms with Crippen LogP contribution in [-0.4, -0.2) is 115 Å². The zero-order valence-corrected chi connectivity index (χ0v) is 12.6. The van der Waals surface area contributed by atoms with Crippen molar-refractivity contribution in [2.75, 3.05) is 0 Å². The van der Waals surface area contributed by atoms with Gasteiger partial charge < -0.3 is 5.71 Å². The normalized spacial score (nSPS) is 0. The van der Waals surface area contributed by atoms with Gasteiger partial charge in [-0.25, -0.2) is 0 Å². The van der Waals surface area contributed by atoms with E-state index in [2.05, 4.69) is 0 Å². The molecule has 0 aromatic carbocycles. The zero-order chi connectivity index (χ0) is 0. The molecule has 0 aromatic heterocycles. The Bertz CT molecular complexity index is 20.5. The first-order chi connectivity index (χ1) is 0. The van der Waals surface area contributed by atoms with Crippen LogP contribution >= 0.6 is 0 Å². The first-order valence-electron chi connectivity index (χ1n) is 0. The maximum atomic E-state index is 0. The molecular weight excluding hydrogens is 287 g/mol. The Hall–Kier alpha value is 4.10. The molecule has 0 aliphatic heterocycles. The first-order valence-corrected chi connectivity index (χ1v) is 0. The molecule has 0 atom stereocenters. The van der Waals surface area contributed by atoms with Crippen molar-refractivity contribution in [2.45, 2.75) is 0 Å². The third kappa shape index (κ3) is 17.9. The van der Waals surface area contributed by atoms with E-state index >= 15 is 0 Å². The van der Waals surface area contributed by atoms with Gasteiger partial charge in [0.15, 0.2) is 17.4 Å². The topological polar surface area (TPSA) is 0 Å². The fourth-order valence-corrected chi connectivity index (χ4v) is 0. The van der Waals surface area contributed by atoms with Gasteiger partial charge in [-0.2, -0.15) is 0 Å². The maximum absolute atomic E-state index is 0. The molecule has 0 saturated heterocycles. The van der Waals surface area contributed by atoms with Crippen LogP contribution in [0, 0.1) is 0 Å². The van der Waals surface area contributed by atoms with Gasteiger partial charge >= 0.3 is 86.6 Å². The van der Waals surface area contributed by atoms with Crippen molar-refractivity contribution in [3.63, 3.8) is 0 Å². The monoisotopic (exact) mass is 298 g/mol. The van der Waals surface area contributed by atoms with Gasteiger partial charge in [-0.3, -0.25) is 0 Å². The molecule has 0 aliphatic rings. The molecule has 0 spiro atoms. The summed E-state index contributed by atoms with van der Waals surface area (Å²) < 4.78 is 0. The third-order valence-electron chi connectivity index (χ3n) is 0. The van der Waals surface area contributed by atoms with Crippen LogP contribution in [0.2, 0.25) is 0 Å². The average Bonchev–Trinajstić information content (AvgIpc) is 0. The molecule has 2 radical (unpaired) electrons. The summed E-state index contributed by atoms with van der Waals surface area (Å²) in [6.45, 7) is 0. The molecule has 0 bridgehead atoms. The molecular formula is H10AlBaCaMnSi. The molecule has 0 nitrogen and oxygen atoms in total. The summed E-state index contributed by atoms with van der Waals surface area (Å²) in [7, 11) is 0. The SMILES string of the molecule is [AlH3].[Ba+2].[Ca+2].[H-].[H-].[H-].[H-].[Mn].[SiH3]. The first kappa shape index (κ1) is 35.5. The molecule has 0 aliphatic carbocycles. The molecule has 0 rings (SSSR count). The van der Waals surface area contributed by atoms with Gasteiger partial charge in [-0.05, 0) is 11.0 Å². The Labute approximate surface area is 134 Å². The molecule has 0 fully saturated rings. The number of hydrogen-bond acceptors (Lipinski definition) is 0. The van der Waals surface area contributed by atoms with Gasteiger partial charge in [-0.1, -0.05) is 0 Å². The van der Waals surface area contributed by atoms with E-state index in [4.69, 9.17) is 0 Å². The minimum atomic E-state index is 0. The standard InChI is InChI=1S/Al.Ba.Ca.Mn.H3Si.7H/h;;;;1H3;;;;;;;/q;2*+2;;;;;;4*-1. The van der Waals surface area contributed by atoms with Crippen LogP contribution in [-0.2, 0) is 17.1 Å². The summed E-state index contributed by atoms with van der Waals surface area (Å²) in [5.74, 6) is 0. The summed E-state index contributed by atoms with van der Waals surface area (Å²) >= 11 is 0. The predicted octanol–water partition coefficient (Wildman–Crippen LogP) is -2.68. The molecule has 0 unspecified atom stereocenters. The Morgan fingerprint density at radius 2 is 1.20 bits per heavy atom. The van der Waals surface area contributed by atoms with Gasteiger partial charge in [0, 0.05) is 17.1 Å². The Balaban J connectivity index is 0. The van der Waals surface area contributed by atoms with Crippen LogP contribution in [0.4, 0.5) is 0 Å². The van der Waals surface area contributed by atoms with E-state index in [0.29, 0.717) is 0 Å². The van der Waals surface area contributed by atoms with Crippen molar-refractivity contribution in [3.8, 4) is 0 Å². The van der Waals surface area contributed by atoms with E-state index in [-0.39, 0.29) is 138 Å². The molecule has 5 heteroatoms. The van der Waals surface area contributed by atoms with Crippen LogP contribution in [0.25, 0.3) is 0 Å². The zero-order valence-electron chi connectivity index (χ0n) is 6.79. The van der Waals surface area contributed by atoms with E-state index in [1.807, 2.05) is 0 Å². The van der Waals surface area contributed by atoms with Crippen LogP contribution in [0.5, 0.6) is 0 Å². The van der Waals surface area contributed by atoms with Crippen molar-refractivity contribution in [1.82, 2.24) is 0 Å². The summed E-state index contributed by atoms with van der Waals surface area (Å²) in [4.78, 5) is 0. The quantitative estimate of drug-likeness (QED) is 0.428. The van der Waals surface area contributed by atoms with Crippen molar-refractivity contribution in [2.24, 2.45) is 0 Å². The van der Waals surface area contributed by atoms with Gasteiger partial charge in [0.25, 0.3) is 0 Å². The van der Waals surface area contributed by atoms with E-state index in [1.54, 1.807) is 0 Å². The molecule has 28 valence electrons. The molecule has 0 N–H and O–H groups in total. The summed E-state index contributed by atoms with van der Waals surface area (Å²) in [6, 6.07) is 0. The minimum absolute atomic E-state index is 0. The number of rotatable bonds is 0. The summed E-state index contributed by atoms with van der Waals surface area (Å²) in [5, 5.41) is 0.